The van der Waals surface area contributed by atoms with Crippen molar-refractivity contribution in [2.45, 2.75) is 33.1 Å². The third kappa shape index (κ3) is 2.66. The van der Waals surface area contributed by atoms with Gasteiger partial charge in [0.15, 0.2) is 0 Å². The monoisotopic (exact) mass is 267 g/mol. The highest BCUT2D eigenvalue weighted by Crippen LogP contribution is 2.36. The maximum absolute atomic E-state index is 7.46. The van der Waals surface area contributed by atoms with Crippen molar-refractivity contribution in [2.75, 3.05) is 19.7 Å². The van der Waals surface area contributed by atoms with Gasteiger partial charge in [0.1, 0.15) is 5.03 Å². The average Bonchev–Trinajstić information content (AvgIpc) is 2.78. The van der Waals surface area contributed by atoms with E-state index in [1.807, 2.05) is 0 Å². The number of aliphatic imine (C=N–C) groups is 1. The van der Waals surface area contributed by atoms with Crippen molar-refractivity contribution in [1.82, 2.24) is 4.90 Å². The third-order valence-electron chi connectivity index (χ3n) is 2.94. The first-order chi connectivity index (χ1) is 8.80. The molecule has 0 radical (unpaired) electrons. The van der Waals surface area contributed by atoms with Gasteiger partial charge >= 0.3 is 0 Å². The Morgan fingerprint density at radius 3 is 3.00 bits per heavy atom. The van der Waals surface area contributed by atoms with Crippen LogP contribution in [0.5, 0.6) is 0 Å². The second kappa shape index (κ2) is 6.18. The highest BCUT2D eigenvalue weighted by atomic mass is 32.2. The predicted molar refractivity (Wildman–Crippen MR) is 79.6 cm³/mol. The van der Waals surface area contributed by atoms with Crippen LogP contribution < -0.4 is 0 Å². The van der Waals surface area contributed by atoms with Crippen LogP contribution in [0.1, 0.15) is 33.1 Å². The lowest BCUT2D eigenvalue weighted by Gasteiger charge is -2.29. The molecule has 0 aromatic rings. The van der Waals surface area contributed by atoms with E-state index in [2.05, 4.69) is 29.1 Å². The Morgan fingerprint density at radius 2 is 2.33 bits per heavy atom. The molecular formula is C13H21N3OS. The molecule has 5 heteroatoms. The predicted octanol–water partition coefficient (Wildman–Crippen LogP) is 2.79. The minimum atomic E-state index is -0.194. The van der Waals surface area contributed by atoms with Gasteiger partial charge < -0.3 is 15.0 Å². The number of nitrogens with one attached hydrogen (secondary N) is 1. The summed E-state index contributed by atoms with van der Waals surface area (Å²) < 4.78 is 5.76. The van der Waals surface area contributed by atoms with E-state index >= 15 is 0 Å². The van der Waals surface area contributed by atoms with Crippen LogP contribution in [-0.4, -0.2) is 41.5 Å². The smallest absolute Gasteiger partial charge is 0.293 e. The van der Waals surface area contributed by atoms with Crippen molar-refractivity contribution in [1.29, 1.82) is 5.41 Å². The number of ether oxygens (including phenoxy) is 1. The van der Waals surface area contributed by atoms with E-state index in [1.165, 1.54) is 11.1 Å². The Bertz CT molecular complexity index is 426. The number of hydrogen-bond acceptors (Lipinski definition) is 4. The first-order valence-electron chi connectivity index (χ1n) is 6.54. The molecule has 0 saturated carbocycles. The molecule has 1 unspecified atom stereocenters. The topological polar surface area (TPSA) is 48.7 Å². The Kier molecular flexibility index (Phi) is 4.58. The molecule has 4 nitrogen and oxygen atoms in total. The number of rotatable bonds is 5. The Hall–Kier alpha value is -1.10. The van der Waals surface area contributed by atoms with Crippen molar-refractivity contribution in [2.24, 2.45) is 4.99 Å². The van der Waals surface area contributed by atoms with E-state index in [0.717, 1.165) is 43.4 Å². The fourth-order valence-electron chi connectivity index (χ4n) is 2.11. The van der Waals surface area contributed by atoms with Gasteiger partial charge in [0.25, 0.3) is 6.02 Å². The summed E-state index contributed by atoms with van der Waals surface area (Å²) >= 11 is 0. The molecule has 0 aromatic heterocycles. The van der Waals surface area contributed by atoms with Crippen LogP contribution in [0, 0.1) is 5.41 Å². The largest absolute Gasteiger partial charge is 0.465 e. The molecule has 2 aliphatic heterocycles. The summed E-state index contributed by atoms with van der Waals surface area (Å²) in [5.74, 6) is 0. The molecule has 18 heavy (non-hydrogen) atoms. The summed E-state index contributed by atoms with van der Waals surface area (Å²) in [5.41, 5.74) is 2.86. The van der Waals surface area contributed by atoms with Crippen molar-refractivity contribution in [3.63, 3.8) is 0 Å². The Morgan fingerprint density at radius 1 is 1.50 bits per heavy atom. The van der Waals surface area contributed by atoms with E-state index in [-0.39, 0.29) is 10.5 Å². The lowest BCUT2D eigenvalue weighted by atomic mass is 10.2. The quantitative estimate of drug-likeness (QED) is 0.473. The maximum atomic E-state index is 7.46. The van der Waals surface area contributed by atoms with Crippen molar-refractivity contribution < 1.29 is 4.74 Å². The summed E-state index contributed by atoms with van der Waals surface area (Å²) in [7, 11) is -0.194. The molecule has 0 saturated heterocycles. The lowest BCUT2D eigenvalue weighted by Crippen LogP contribution is -2.37. The normalized spacial score (nSPS) is 22.4. The van der Waals surface area contributed by atoms with E-state index in [0.29, 0.717) is 6.61 Å². The van der Waals surface area contributed by atoms with Crippen LogP contribution >= 0.6 is 10.5 Å². The second-order valence-corrected chi connectivity index (χ2v) is 6.13. The summed E-state index contributed by atoms with van der Waals surface area (Å²) in [4.78, 5) is 6.88. The molecule has 0 fully saturated rings. The Balaban J connectivity index is 2.19. The van der Waals surface area contributed by atoms with E-state index in [1.54, 1.807) is 0 Å². The first kappa shape index (κ1) is 13.3. The van der Waals surface area contributed by atoms with E-state index in [4.69, 9.17) is 10.1 Å². The van der Waals surface area contributed by atoms with Crippen LogP contribution in [-0.2, 0) is 4.74 Å². The van der Waals surface area contributed by atoms with Gasteiger partial charge in [-0.2, -0.15) is 4.99 Å². The fourth-order valence-corrected chi connectivity index (χ4v) is 3.52. The third-order valence-corrected chi connectivity index (χ3v) is 4.55. The molecule has 0 bridgehead atoms. The number of amidine groups is 1. The molecule has 0 aliphatic carbocycles. The highest BCUT2D eigenvalue weighted by molar-refractivity contribution is 8.29. The highest BCUT2D eigenvalue weighted by Gasteiger charge is 2.26. The maximum Gasteiger partial charge on any atom is 0.293 e. The van der Waals surface area contributed by atoms with E-state index in [9.17, 15) is 0 Å². The standard InChI is InChI=1S/C13H21N3OS/c1-3-6-16-9-11-5-8-18(10-14)12(11)15-13(16)17-7-4-2/h8,10,14H,3-7,9H2,1-2H3. The van der Waals surface area contributed by atoms with Gasteiger partial charge in [-0.1, -0.05) is 24.3 Å². The van der Waals surface area contributed by atoms with Gasteiger partial charge in [-0.3, -0.25) is 0 Å². The summed E-state index contributed by atoms with van der Waals surface area (Å²) in [6.07, 6.45) is 3.06. The minimum absolute atomic E-state index is 0.194. The van der Waals surface area contributed by atoms with Crippen LogP contribution in [0.4, 0.5) is 0 Å². The summed E-state index contributed by atoms with van der Waals surface area (Å²) in [6, 6.07) is 0.757. The molecule has 0 amide bonds. The molecule has 1 N–H and O–H groups in total. The zero-order valence-corrected chi connectivity index (χ0v) is 11.9. The molecule has 100 valence electrons. The average molecular weight is 267 g/mol. The number of hydrogen-bond donors (Lipinski definition) is 1. The molecule has 0 aromatic carbocycles. The summed E-state index contributed by atoms with van der Waals surface area (Å²) in [5, 5.41) is 10.7. The number of nitrogens with zero attached hydrogens (tertiary/aromatic N) is 2. The van der Waals surface area contributed by atoms with Gasteiger partial charge in [-0.05, 0) is 30.2 Å². The minimum Gasteiger partial charge on any atom is -0.465 e. The van der Waals surface area contributed by atoms with Crippen molar-refractivity contribution >= 4 is 27.4 Å². The zero-order chi connectivity index (χ0) is 13.0. The van der Waals surface area contributed by atoms with Gasteiger partial charge in [0.2, 0.25) is 0 Å². The van der Waals surface area contributed by atoms with Crippen LogP contribution in [0.3, 0.4) is 0 Å². The molecular weight excluding hydrogens is 246 g/mol. The van der Waals surface area contributed by atoms with Crippen LogP contribution in [0.2, 0.25) is 0 Å². The van der Waals surface area contributed by atoms with Gasteiger partial charge in [-0.15, -0.1) is 0 Å². The zero-order valence-electron chi connectivity index (χ0n) is 11.1. The first-order valence-corrected chi connectivity index (χ1v) is 7.89. The molecule has 2 rings (SSSR count). The SMILES string of the molecule is CCCOC1=NC2=C(CC=S2C=N)CN1CCC. The molecule has 2 heterocycles. The Labute approximate surface area is 111 Å². The summed E-state index contributed by atoms with van der Waals surface area (Å²) in [6.45, 7) is 6.88. The van der Waals surface area contributed by atoms with Crippen LogP contribution in [0.25, 0.3) is 0 Å². The van der Waals surface area contributed by atoms with E-state index < -0.39 is 0 Å². The van der Waals surface area contributed by atoms with Gasteiger partial charge in [0, 0.05) is 13.1 Å². The molecule has 1 atom stereocenters. The fraction of sp³-hybridized carbons (Fsp3) is 0.615. The lowest BCUT2D eigenvalue weighted by molar-refractivity contribution is 0.232. The van der Waals surface area contributed by atoms with Gasteiger partial charge in [-0.25, -0.2) is 0 Å². The van der Waals surface area contributed by atoms with Crippen LogP contribution in [0.15, 0.2) is 15.6 Å². The van der Waals surface area contributed by atoms with Gasteiger partial charge in [0.05, 0.1) is 12.2 Å². The second-order valence-electron chi connectivity index (χ2n) is 4.43. The van der Waals surface area contributed by atoms with Crippen molar-refractivity contribution in [3.8, 4) is 0 Å². The molecule has 0 spiro atoms. The molecule has 2 aliphatic rings. The van der Waals surface area contributed by atoms with Crippen molar-refractivity contribution in [3.05, 3.63) is 10.6 Å².